The van der Waals surface area contributed by atoms with Crippen molar-refractivity contribution in [1.82, 2.24) is 0 Å². The third-order valence-electron chi connectivity index (χ3n) is 1.79. The van der Waals surface area contributed by atoms with Crippen molar-refractivity contribution in [3.63, 3.8) is 0 Å². The second kappa shape index (κ2) is 3.33. The highest BCUT2D eigenvalue weighted by Crippen LogP contribution is 2.22. The maximum atomic E-state index is 12.4. The van der Waals surface area contributed by atoms with Gasteiger partial charge in [0.15, 0.2) is 0 Å². The molecule has 0 radical (unpaired) electrons. The Morgan fingerprint density at radius 2 is 2.45 bits per heavy atom. The molecule has 0 saturated heterocycles. The van der Waals surface area contributed by atoms with E-state index in [1.165, 1.54) is 6.08 Å². The number of rotatable bonds is 2. The van der Waals surface area contributed by atoms with Gasteiger partial charge in [-0.1, -0.05) is 25.3 Å². The normalized spacial score (nSPS) is 22.6. The Labute approximate surface area is 66.4 Å². The lowest BCUT2D eigenvalue weighted by molar-refractivity contribution is 0.635. The molecule has 0 N–H and O–H groups in total. The van der Waals surface area contributed by atoms with Crippen molar-refractivity contribution in [2.75, 3.05) is 0 Å². The first-order valence-corrected chi connectivity index (χ1v) is 3.59. The first-order valence-electron chi connectivity index (χ1n) is 3.59. The largest absolute Gasteiger partial charge is 0.207 e. The predicted molar refractivity (Wildman–Crippen MR) is 45.8 cm³/mol. The van der Waals surface area contributed by atoms with E-state index in [0.717, 1.165) is 5.57 Å². The van der Waals surface area contributed by atoms with E-state index in [1.54, 1.807) is 12.2 Å². The van der Waals surface area contributed by atoms with Gasteiger partial charge in [-0.15, -0.1) is 0 Å². The van der Waals surface area contributed by atoms with E-state index >= 15 is 0 Å². The molecule has 0 aromatic carbocycles. The zero-order valence-electron chi connectivity index (χ0n) is 6.39. The van der Waals surface area contributed by atoms with Crippen molar-refractivity contribution >= 4 is 0 Å². The van der Waals surface area contributed by atoms with Gasteiger partial charge < -0.3 is 0 Å². The molecule has 0 amide bonds. The van der Waals surface area contributed by atoms with Gasteiger partial charge in [-0.3, -0.25) is 0 Å². The lowest BCUT2D eigenvalue weighted by Crippen LogP contribution is -1.99. The van der Waals surface area contributed by atoms with Crippen LogP contribution >= 0.6 is 0 Å². The van der Waals surface area contributed by atoms with Gasteiger partial charge in [-0.05, 0) is 24.1 Å². The molecule has 1 atom stereocenters. The molecule has 0 aliphatic heterocycles. The summed E-state index contributed by atoms with van der Waals surface area (Å²) in [5, 5.41) is 0. The lowest BCUT2D eigenvalue weighted by atomic mass is 9.93. The first-order chi connectivity index (χ1) is 5.24. The van der Waals surface area contributed by atoms with Gasteiger partial charge in [0.2, 0.25) is 0 Å². The number of hydrogen-bond donors (Lipinski definition) is 0. The Morgan fingerprint density at radius 1 is 1.73 bits per heavy atom. The van der Waals surface area contributed by atoms with Gasteiger partial charge in [-0.25, -0.2) is 4.39 Å². The van der Waals surface area contributed by atoms with E-state index < -0.39 is 0 Å². The molecule has 1 heteroatoms. The highest BCUT2D eigenvalue weighted by Gasteiger charge is 2.08. The van der Waals surface area contributed by atoms with Gasteiger partial charge in [0.1, 0.15) is 5.83 Å². The van der Waals surface area contributed by atoms with Crippen molar-refractivity contribution in [2.45, 2.75) is 6.42 Å². The monoisotopic (exact) mass is 150 g/mol. The van der Waals surface area contributed by atoms with Crippen LogP contribution in [0.1, 0.15) is 6.42 Å². The minimum absolute atomic E-state index is 0.155. The summed E-state index contributed by atoms with van der Waals surface area (Å²) in [6.45, 7) is 7.41. The first kappa shape index (κ1) is 7.99. The Kier molecular flexibility index (Phi) is 2.42. The summed E-state index contributed by atoms with van der Waals surface area (Å²) in [4.78, 5) is 0. The van der Waals surface area contributed by atoms with Gasteiger partial charge in [-0.2, -0.15) is 0 Å². The number of halogens is 1. The fraction of sp³-hybridized carbons (Fsp3) is 0.200. The summed E-state index contributed by atoms with van der Waals surface area (Å²) in [7, 11) is 0. The maximum Gasteiger partial charge on any atom is 0.118 e. The Morgan fingerprint density at radius 3 is 2.91 bits per heavy atom. The molecule has 0 saturated carbocycles. The average molecular weight is 150 g/mol. The van der Waals surface area contributed by atoms with E-state index in [2.05, 4.69) is 13.2 Å². The Hall–Kier alpha value is -1.11. The Balaban J connectivity index is 2.62. The minimum atomic E-state index is -0.155. The summed E-state index contributed by atoms with van der Waals surface area (Å²) >= 11 is 0. The summed E-state index contributed by atoms with van der Waals surface area (Å²) in [6.07, 6.45) is 7.28. The topological polar surface area (TPSA) is 0 Å². The van der Waals surface area contributed by atoms with Crippen molar-refractivity contribution in [1.29, 1.82) is 0 Å². The highest BCUT2D eigenvalue weighted by atomic mass is 19.1. The molecule has 1 rings (SSSR count). The zero-order chi connectivity index (χ0) is 8.27. The standard InChI is InChI=1S/C10H11F/c1-3-8(2)9-4-6-10(11)7-5-9/h3-4,6-7,9H,1-2,5H2. The van der Waals surface area contributed by atoms with Crippen LogP contribution in [-0.2, 0) is 0 Å². The maximum absolute atomic E-state index is 12.4. The van der Waals surface area contributed by atoms with E-state index in [9.17, 15) is 4.39 Å². The molecule has 1 aliphatic rings. The summed E-state index contributed by atoms with van der Waals surface area (Å²) < 4.78 is 12.4. The van der Waals surface area contributed by atoms with Gasteiger partial charge in [0.25, 0.3) is 0 Å². The molecule has 0 fully saturated rings. The van der Waals surface area contributed by atoms with E-state index in [-0.39, 0.29) is 11.7 Å². The van der Waals surface area contributed by atoms with Crippen molar-refractivity contribution < 1.29 is 4.39 Å². The molecule has 0 nitrogen and oxygen atoms in total. The predicted octanol–water partition coefficient (Wildman–Crippen LogP) is 3.16. The molecule has 1 aliphatic carbocycles. The van der Waals surface area contributed by atoms with Crippen LogP contribution in [0.3, 0.4) is 0 Å². The van der Waals surface area contributed by atoms with Gasteiger partial charge >= 0.3 is 0 Å². The molecule has 0 aromatic rings. The summed E-state index contributed by atoms with van der Waals surface area (Å²) in [5.41, 5.74) is 0.949. The van der Waals surface area contributed by atoms with Crippen LogP contribution in [0.2, 0.25) is 0 Å². The molecule has 58 valence electrons. The third-order valence-corrected chi connectivity index (χ3v) is 1.79. The molecule has 0 spiro atoms. The van der Waals surface area contributed by atoms with E-state index in [1.807, 2.05) is 6.08 Å². The van der Waals surface area contributed by atoms with Crippen molar-refractivity contribution in [3.8, 4) is 0 Å². The highest BCUT2D eigenvalue weighted by molar-refractivity contribution is 5.28. The molecule has 0 aromatic heterocycles. The van der Waals surface area contributed by atoms with Crippen LogP contribution in [0.15, 0.2) is 48.9 Å². The third kappa shape index (κ3) is 1.90. The summed E-state index contributed by atoms with van der Waals surface area (Å²) in [5.74, 6) is 0.0881. The molecular weight excluding hydrogens is 139 g/mol. The minimum Gasteiger partial charge on any atom is -0.207 e. The molecule has 0 heterocycles. The average Bonchev–Trinajstić information content (AvgIpc) is 2.05. The Bertz CT molecular complexity index is 233. The summed E-state index contributed by atoms with van der Waals surface area (Å²) in [6, 6.07) is 0. The number of allylic oxidation sites excluding steroid dienone is 6. The fourth-order valence-corrected chi connectivity index (χ4v) is 1.02. The second-order valence-corrected chi connectivity index (χ2v) is 2.57. The SMILES string of the molecule is C=CC(=C)C1C=CC(F)=CC1. The number of hydrogen-bond acceptors (Lipinski definition) is 0. The van der Waals surface area contributed by atoms with E-state index in [4.69, 9.17) is 0 Å². The van der Waals surface area contributed by atoms with Crippen LogP contribution < -0.4 is 0 Å². The van der Waals surface area contributed by atoms with Crippen LogP contribution in [0, 0.1) is 5.92 Å². The smallest absolute Gasteiger partial charge is 0.118 e. The van der Waals surface area contributed by atoms with Crippen molar-refractivity contribution in [3.05, 3.63) is 48.9 Å². The van der Waals surface area contributed by atoms with Crippen LogP contribution in [-0.4, -0.2) is 0 Å². The zero-order valence-corrected chi connectivity index (χ0v) is 6.39. The second-order valence-electron chi connectivity index (χ2n) is 2.57. The quantitative estimate of drug-likeness (QED) is 0.530. The van der Waals surface area contributed by atoms with Crippen molar-refractivity contribution in [2.24, 2.45) is 5.92 Å². The van der Waals surface area contributed by atoms with Crippen LogP contribution in [0.4, 0.5) is 4.39 Å². The molecule has 11 heavy (non-hydrogen) atoms. The molecule has 1 unspecified atom stereocenters. The lowest BCUT2D eigenvalue weighted by Gasteiger charge is -2.12. The fourth-order valence-electron chi connectivity index (χ4n) is 1.02. The van der Waals surface area contributed by atoms with Crippen LogP contribution in [0.5, 0.6) is 0 Å². The molecule has 0 bridgehead atoms. The van der Waals surface area contributed by atoms with Gasteiger partial charge in [0.05, 0.1) is 0 Å². The van der Waals surface area contributed by atoms with Crippen LogP contribution in [0.25, 0.3) is 0 Å². The van der Waals surface area contributed by atoms with E-state index in [0.29, 0.717) is 6.42 Å². The van der Waals surface area contributed by atoms with Gasteiger partial charge in [0, 0.05) is 5.92 Å². The molecular formula is C10H11F.